The van der Waals surface area contributed by atoms with Crippen LogP contribution < -0.4 is 10.1 Å². The van der Waals surface area contributed by atoms with Crippen molar-refractivity contribution >= 4 is 47.8 Å². The van der Waals surface area contributed by atoms with Crippen LogP contribution in [-0.2, 0) is 0 Å². The Morgan fingerprint density at radius 3 is 2.30 bits per heavy atom. The molecule has 2 rings (SSSR count). The highest BCUT2D eigenvalue weighted by Gasteiger charge is 2.23. The van der Waals surface area contributed by atoms with Gasteiger partial charge in [0.05, 0.1) is 8.95 Å². The molecule has 0 radical (unpaired) electrons. The summed E-state index contributed by atoms with van der Waals surface area (Å²) in [6.45, 7) is 0.708. The van der Waals surface area contributed by atoms with Gasteiger partial charge in [0.25, 0.3) is 0 Å². The molecule has 0 aromatic heterocycles. The maximum absolute atomic E-state index is 6.05. The Kier molecular flexibility index (Phi) is 6.85. The summed E-state index contributed by atoms with van der Waals surface area (Å²) >= 11 is 10.6. The van der Waals surface area contributed by atoms with Crippen LogP contribution in [0.1, 0.15) is 32.1 Å². The predicted molar refractivity (Wildman–Crippen MR) is 94.5 cm³/mol. The molecule has 1 aliphatic rings. The fraction of sp³-hybridized carbons (Fsp3) is 0.600. The van der Waals surface area contributed by atoms with Crippen molar-refractivity contribution in [3.05, 3.63) is 25.6 Å². The number of likely N-dealkylation sites (N-methyl/N-ethyl adjacent to an activating group) is 1. The van der Waals surface area contributed by atoms with Crippen LogP contribution in [0.5, 0.6) is 5.75 Å². The largest absolute Gasteiger partial charge is 0.490 e. The van der Waals surface area contributed by atoms with E-state index in [1.165, 1.54) is 32.1 Å². The minimum atomic E-state index is 0.428. The maximum Gasteiger partial charge on any atom is 0.147 e. The van der Waals surface area contributed by atoms with E-state index in [2.05, 4.69) is 53.1 Å². The van der Waals surface area contributed by atoms with E-state index >= 15 is 0 Å². The molecular weight excluding hydrogens is 450 g/mol. The topological polar surface area (TPSA) is 21.3 Å². The smallest absolute Gasteiger partial charge is 0.147 e. The molecular formula is C15H20Br3NO. The molecule has 1 unspecified atom stereocenters. The van der Waals surface area contributed by atoms with Crippen molar-refractivity contribution in [3.8, 4) is 5.75 Å². The lowest BCUT2D eigenvalue weighted by Crippen LogP contribution is -2.39. The molecule has 1 aromatic rings. The first-order valence-electron chi connectivity index (χ1n) is 7.06. The first-order chi connectivity index (χ1) is 9.61. The van der Waals surface area contributed by atoms with Gasteiger partial charge in [0, 0.05) is 10.5 Å². The molecule has 5 heteroatoms. The molecule has 0 spiro atoms. The second kappa shape index (κ2) is 8.16. The Balaban J connectivity index is 1.99. The molecule has 2 nitrogen and oxygen atoms in total. The molecule has 1 fully saturated rings. The number of nitrogens with one attached hydrogen (secondary N) is 1. The molecule has 1 atom stereocenters. The molecule has 0 amide bonds. The molecule has 20 heavy (non-hydrogen) atoms. The molecule has 1 N–H and O–H groups in total. The van der Waals surface area contributed by atoms with E-state index in [-0.39, 0.29) is 0 Å². The highest BCUT2D eigenvalue weighted by Crippen LogP contribution is 2.37. The Bertz CT molecular complexity index is 424. The lowest BCUT2D eigenvalue weighted by molar-refractivity contribution is 0.191. The normalized spacial score (nSPS) is 18.0. The monoisotopic (exact) mass is 467 g/mol. The molecule has 1 aromatic carbocycles. The van der Waals surface area contributed by atoms with Crippen LogP contribution in [-0.4, -0.2) is 19.7 Å². The number of hydrogen-bond donors (Lipinski definition) is 1. The van der Waals surface area contributed by atoms with E-state index in [0.29, 0.717) is 12.6 Å². The third kappa shape index (κ3) is 4.46. The molecule has 112 valence electrons. The van der Waals surface area contributed by atoms with Gasteiger partial charge >= 0.3 is 0 Å². The van der Waals surface area contributed by atoms with Gasteiger partial charge in [-0.05, 0) is 69.8 Å². The van der Waals surface area contributed by atoms with Gasteiger partial charge in [-0.3, -0.25) is 0 Å². The zero-order valence-corrected chi connectivity index (χ0v) is 16.4. The summed E-state index contributed by atoms with van der Waals surface area (Å²) in [6.07, 6.45) is 6.73. The SMILES string of the molecule is CNC(COc1c(Br)cc(Br)cc1Br)C1CCCCC1. The number of halogens is 3. The van der Waals surface area contributed by atoms with Gasteiger partial charge in [0.1, 0.15) is 12.4 Å². The van der Waals surface area contributed by atoms with Crippen molar-refractivity contribution in [2.45, 2.75) is 38.1 Å². The summed E-state index contributed by atoms with van der Waals surface area (Å²) in [5.74, 6) is 1.62. The van der Waals surface area contributed by atoms with Crippen molar-refractivity contribution in [1.29, 1.82) is 0 Å². The fourth-order valence-corrected chi connectivity index (χ4v) is 5.32. The second-order valence-electron chi connectivity index (χ2n) is 5.30. The lowest BCUT2D eigenvalue weighted by atomic mass is 9.84. The van der Waals surface area contributed by atoms with Crippen LogP contribution in [0.3, 0.4) is 0 Å². The van der Waals surface area contributed by atoms with E-state index in [0.717, 1.165) is 25.1 Å². The number of rotatable bonds is 5. The highest BCUT2D eigenvalue weighted by atomic mass is 79.9. The van der Waals surface area contributed by atoms with Gasteiger partial charge in [-0.1, -0.05) is 35.2 Å². The number of ether oxygens (including phenoxy) is 1. The van der Waals surface area contributed by atoms with Crippen LogP contribution in [0.4, 0.5) is 0 Å². The second-order valence-corrected chi connectivity index (χ2v) is 7.93. The van der Waals surface area contributed by atoms with E-state index in [9.17, 15) is 0 Å². The highest BCUT2D eigenvalue weighted by molar-refractivity contribution is 9.11. The Labute approximate surface area is 146 Å². The zero-order valence-electron chi connectivity index (χ0n) is 11.6. The summed E-state index contributed by atoms with van der Waals surface area (Å²) in [5.41, 5.74) is 0. The van der Waals surface area contributed by atoms with Gasteiger partial charge in [0.2, 0.25) is 0 Å². The molecule has 0 bridgehead atoms. The minimum absolute atomic E-state index is 0.428. The van der Waals surface area contributed by atoms with E-state index in [4.69, 9.17) is 4.74 Å². The fourth-order valence-electron chi connectivity index (χ4n) is 2.83. The molecule has 0 heterocycles. The van der Waals surface area contributed by atoms with Crippen molar-refractivity contribution < 1.29 is 4.74 Å². The van der Waals surface area contributed by atoms with Crippen molar-refractivity contribution in [3.63, 3.8) is 0 Å². The molecule has 1 aliphatic carbocycles. The maximum atomic E-state index is 6.05. The summed E-state index contributed by atoms with van der Waals surface area (Å²) in [5, 5.41) is 3.43. The summed E-state index contributed by atoms with van der Waals surface area (Å²) in [7, 11) is 2.04. The van der Waals surface area contributed by atoms with Gasteiger partial charge in [-0.25, -0.2) is 0 Å². The standard InChI is InChI=1S/C15H20Br3NO/c1-19-14(10-5-3-2-4-6-10)9-20-15-12(17)7-11(16)8-13(15)18/h7-8,10,14,19H,2-6,9H2,1H3. The average Bonchev–Trinajstić information content (AvgIpc) is 2.43. The lowest BCUT2D eigenvalue weighted by Gasteiger charge is -2.30. The Morgan fingerprint density at radius 1 is 1.15 bits per heavy atom. The van der Waals surface area contributed by atoms with Crippen LogP contribution in [0.2, 0.25) is 0 Å². The first-order valence-corrected chi connectivity index (χ1v) is 9.44. The third-order valence-corrected chi connectivity index (χ3v) is 5.60. The predicted octanol–water partition coefficient (Wildman–Crippen LogP) is 5.52. The van der Waals surface area contributed by atoms with E-state index < -0.39 is 0 Å². The van der Waals surface area contributed by atoms with Crippen LogP contribution >= 0.6 is 47.8 Å². The quantitative estimate of drug-likeness (QED) is 0.613. The first kappa shape index (κ1) is 16.8. The van der Waals surface area contributed by atoms with Gasteiger partial charge in [-0.15, -0.1) is 0 Å². The Morgan fingerprint density at radius 2 is 1.75 bits per heavy atom. The van der Waals surface area contributed by atoms with Gasteiger partial charge in [-0.2, -0.15) is 0 Å². The van der Waals surface area contributed by atoms with Crippen molar-refractivity contribution in [2.75, 3.05) is 13.7 Å². The minimum Gasteiger partial charge on any atom is -0.490 e. The van der Waals surface area contributed by atoms with Gasteiger partial charge in [0.15, 0.2) is 0 Å². The molecule has 0 aliphatic heterocycles. The van der Waals surface area contributed by atoms with Gasteiger partial charge < -0.3 is 10.1 Å². The van der Waals surface area contributed by atoms with Crippen molar-refractivity contribution in [2.24, 2.45) is 5.92 Å². The zero-order chi connectivity index (χ0) is 14.5. The number of benzene rings is 1. The van der Waals surface area contributed by atoms with Crippen LogP contribution in [0, 0.1) is 5.92 Å². The van der Waals surface area contributed by atoms with Crippen LogP contribution in [0.25, 0.3) is 0 Å². The van der Waals surface area contributed by atoms with E-state index in [1.54, 1.807) is 0 Å². The summed E-state index contributed by atoms with van der Waals surface area (Å²) in [6, 6.07) is 4.45. The Hall–Kier alpha value is 0.420. The van der Waals surface area contributed by atoms with E-state index in [1.807, 2.05) is 19.2 Å². The summed E-state index contributed by atoms with van der Waals surface area (Å²) in [4.78, 5) is 0. The van der Waals surface area contributed by atoms with Crippen LogP contribution in [0.15, 0.2) is 25.6 Å². The number of hydrogen-bond acceptors (Lipinski definition) is 2. The molecule has 1 saturated carbocycles. The summed E-state index contributed by atoms with van der Waals surface area (Å²) < 4.78 is 9.02. The average molecular weight is 470 g/mol. The third-order valence-electron chi connectivity index (χ3n) is 3.96. The molecule has 0 saturated heterocycles. The van der Waals surface area contributed by atoms with Crippen molar-refractivity contribution in [1.82, 2.24) is 5.32 Å².